The van der Waals surface area contributed by atoms with Gasteiger partial charge >= 0.3 is 0 Å². The molecule has 29 heavy (non-hydrogen) atoms. The topological polar surface area (TPSA) is 64.5 Å². The minimum atomic E-state index is 0.518. The quantitative estimate of drug-likeness (QED) is 0.389. The van der Waals surface area contributed by atoms with Gasteiger partial charge in [-0.1, -0.05) is 42.5 Å². The van der Waals surface area contributed by atoms with Crippen LogP contribution in [0, 0.1) is 18.3 Å². The lowest BCUT2D eigenvalue weighted by molar-refractivity contribution is 1.30. The number of nitriles is 1. The van der Waals surface area contributed by atoms with Gasteiger partial charge in [0.25, 0.3) is 0 Å². The highest BCUT2D eigenvalue weighted by atomic mass is 14.9. The number of hydrogen-bond acceptors (Lipinski definition) is 3. The SMILES string of the molecule is Cc1c(Nc2c(C#N)cncc2-c2cccc3ccccc23)ccc2[nH]ccc12. The predicted octanol–water partition coefficient (Wildman–Crippen LogP) is 6.31. The third kappa shape index (κ3) is 2.81. The zero-order chi connectivity index (χ0) is 19.8. The van der Waals surface area contributed by atoms with Crippen molar-refractivity contribution in [2.75, 3.05) is 5.32 Å². The summed E-state index contributed by atoms with van der Waals surface area (Å²) in [6, 6.07) is 22.9. The van der Waals surface area contributed by atoms with Crippen molar-refractivity contribution in [1.82, 2.24) is 9.97 Å². The molecule has 4 nitrogen and oxygen atoms in total. The number of benzene rings is 3. The van der Waals surface area contributed by atoms with Gasteiger partial charge in [0.1, 0.15) is 6.07 Å². The molecule has 3 aromatic carbocycles. The number of pyridine rings is 1. The van der Waals surface area contributed by atoms with E-state index in [0.29, 0.717) is 5.56 Å². The van der Waals surface area contributed by atoms with Gasteiger partial charge < -0.3 is 10.3 Å². The molecular formula is C25H18N4. The van der Waals surface area contributed by atoms with Crippen molar-refractivity contribution in [2.45, 2.75) is 6.92 Å². The first-order valence-corrected chi connectivity index (χ1v) is 9.46. The molecule has 0 spiro atoms. The maximum absolute atomic E-state index is 9.75. The minimum absolute atomic E-state index is 0.518. The molecule has 0 amide bonds. The fraction of sp³-hybridized carbons (Fsp3) is 0.0400. The van der Waals surface area contributed by atoms with Crippen LogP contribution in [0.4, 0.5) is 11.4 Å². The lowest BCUT2D eigenvalue weighted by Crippen LogP contribution is -2.00. The summed E-state index contributed by atoms with van der Waals surface area (Å²) in [5.41, 5.74) is 6.46. The number of nitrogens with zero attached hydrogens (tertiary/aromatic N) is 2. The smallest absolute Gasteiger partial charge is 0.103 e. The van der Waals surface area contributed by atoms with E-state index < -0.39 is 0 Å². The molecule has 0 unspecified atom stereocenters. The zero-order valence-corrected chi connectivity index (χ0v) is 15.9. The Balaban J connectivity index is 1.72. The number of aromatic nitrogens is 2. The molecular weight excluding hydrogens is 356 g/mol. The molecule has 5 aromatic rings. The molecule has 4 heteroatoms. The third-order valence-electron chi connectivity index (χ3n) is 5.41. The van der Waals surface area contributed by atoms with Crippen LogP contribution in [0.2, 0.25) is 0 Å². The van der Waals surface area contributed by atoms with Crippen LogP contribution in [-0.4, -0.2) is 9.97 Å². The fourth-order valence-electron chi connectivity index (χ4n) is 3.90. The van der Waals surface area contributed by atoms with E-state index in [4.69, 9.17) is 0 Å². The largest absolute Gasteiger partial charge is 0.361 e. The van der Waals surface area contributed by atoms with E-state index in [2.05, 4.69) is 64.7 Å². The van der Waals surface area contributed by atoms with Gasteiger partial charge in [-0.2, -0.15) is 5.26 Å². The van der Waals surface area contributed by atoms with Crippen LogP contribution < -0.4 is 5.32 Å². The summed E-state index contributed by atoms with van der Waals surface area (Å²) < 4.78 is 0. The van der Waals surface area contributed by atoms with Crippen LogP contribution in [0.15, 0.2) is 79.3 Å². The first-order valence-electron chi connectivity index (χ1n) is 9.46. The Labute approximate surface area is 168 Å². The van der Waals surface area contributed by atoms with Gasteiger partial charge in [0.2, 0.25) is 0 Å². The summed E-state index contributed by atoms with van der Waals surface area (Å²) >= 11 is 0. The van der Waals surface area contributed by atoms with Crippen molar-refractivity contribution < 1.29 is 0 Å². The number of aryl methyl sites for hydroxylation is 1. The zero-order valence-electron chi connectivity index (χ0n) is 15.9. The second-order valence-electron chi connectivity index (χ2n) is 7.05. The monoisotopic (exact) mass is 374 g/mol. The molecule has 0 bridgehead atoms. The lowest BCUT2D eigenvalue weighted by Gasteiger charge is -2.17. The Hall–Kier alpha value is -4.10. The van der Waals surface area contributed by atoms with Crippen LogP contribution in [0.1, 0.15) is 11.1 Å². The van der Waals surface area contributed by atoms with Crippen LogP contribution in [0.3, 0.4) is 0 Å². The summed E-state index contributed by atoms with van der Waals surface area (Å²) in [6.45, 7) is 2.09. The van der Waals surface area contributed by atoms with E-state index in [1.165, 1.54) is 0 Å². The number of anilines is 2. The van der Waals surface area contributed by atoms with Gasteiger partial charge in [-0.25, -0.2) is 0 Å². The van der Waals surface area contributed by atoms with Gasteiger partial charge in [0, 0.05) is 40.7 Å². The Morgan fingerprint density at radius 1 is 0.897 bits per heavy atom. The fourth-order valence-corrected chi connectivity index (χ4v) is 3.90. The summed E-state index contributed by atoms with van der Waals surface area (Å²) in [5.74, 6) is 0. The number of aromatic amines is 1. The van der Waals surface area contributed by atoms with Gasteiger partial charge in [-0.05, 0) is 47.0 Å². The molecule has 138 valence electrons. The first kappa shape index (κ1) is 17.0. The van der Waals surface area contributed by atoms with Crippen LogP contribution in [0.5, 0.6) is 0 Å². The summed E-state index contributed by atoms with van der Waals surface area (Å²) in [4.78, 5) is 7.58. The van der Waals surface area contributed by atoms with Gasteiger partial charge in [-0.15, -0.1) is 0 Å². The second-order valence-corrected chi connectivity index (χ2v) is 7.05. The van der Waals surface area contributed by atoms with Crippen LogP contribution in [0.25, 0.3) is 32.8 Å². The van der Waals surface area contributed by atoms with Crippen LogP contribution >= 0.6 is 0 Å². The number of hydrogen-bond donors (Lipinski definition) is 2. The van der Waals surface area contributed by atoms with E-state index in [0.717, 1.165) is 49.7 Å². The third-order valence-corrected chi connectivity index (χ3v) is 5.41. The molecule has 0 aliphatic carbocycles. The molecule has 0 aliphatic rings. The molecule has 0 saturated carbocycles. The maximum Gasteiger partial charge on any atom is 0.103 e. The highest BCUT2D eigenvalue weighted by molar-refractivity contribution is 6.01. The molecule has 0 fully saturated rings. The molecule has 0 saturated heterocycles. The Morgan fingerprint density at radius 3 is 2.66 bits per heavy atom. The van der Waals surface area contributed by atoms with E-state index >= 15 is 0 Å². The van der Waals surface area contributed by atoms with Gasteiger partial charge in [0.15, 0.2) is 0 Å². The molecule has 2 N–H and O–H groups in total. The second kappa shape index (κ2) is 6.81. The molecule has 0 aliphatic heterocycles. The Morgan fingerprint density at radius 2 is 1.76 bits per heavy atom. The van der Waals surface area contributed by atoms with Crippen molar-refractivity contribution in [3.63, 3.8) is 0 Å². The molecule has 5 rings (SSSR count). The summed E-state index contributed by atoms with van der Waals surface area (Å²) in [6.07, 6.45) is 5.38. The number of nitrogens with one attached hydrogen (secondary N) is 2. The standard InChI is InChI=1S/C25H18N4/c1-16-19-11-12-28-24(19)10-9-23(16)29-25-18(13-26)14-27-15-22(25)21-8-4-6-17-5-2-3-7-20(17)21/h2-12,14-15,28H,1H3,(H,27,29). The Kier molecular flexibility index (Phi) is 4.00. The summed E-state index contributed by atoms with van der Waals surface area (Å²) in [5, 5.41) is 16.7. The predicted molar refractivity (Wildman–Crippen MR) is 118 cm³/mol. The van der Waals surface area contributed by atoms with E-state index in [1.807, 2.05) is 36.7 Å². The van der Waals surface area contributed by atoms with E-state index in [1.54, 1.807) is 6.20 Å². The van der Waals surface area contributed by atoms with Crippen molar-refractivity contribution >= 4 is 33.1 Å². The number of H-pyrrole nitrogens is 1. The average Bonchev–Trinajstić information content (AvgIpc) is 3.25. The van der Waals surface area contributed by atoms with Crippen molar-refractivity contribution in [3.05, 3.63) is 90.4 Å². The van der Waals surface area contributed by atoms with Crippen molar-refractivity contribution in [2.24, 2.45) is 0 Å². The van der Waals surface area contributed by atoms with E-state index in [9.17, 15) is 5.26 Å². The lowest BCUT2D eigenvalue weighted by atomic mass is 9.96. The number of fused-ring (bicyclic) bond motifs is 2. The van der Waals surface area contributed by atoms with E-state index in [-0.39, 0.29) is 0 Å². The summed E-state index contributed by atoms with van der Waals surface area (Å²) in [7, 11) is 0. The molecule has 2 aromatic heterocycles. The highest BCUT2D eigenvalue weighted by Gasteiger charge is 2.15. The minimum Gasteiger partial charge on any atom is -0.361 e. The average molecular weight is 374 g/mol. The van der Waals surface area contributed by atoms with Gasteiger partial charge in [-0.3, -0.25) is 4.98 Å². The molecule has 0 radical (unpaired) electrons. The Bertz CT molecular complexity index is 1400. The van der Waals surface area contributed by atoms with Gasteiger partial charge in [0.05, 0.1) is 11.3 Å². The van der Waals surface area contributed by atoms with Crippen LogP contribution in [-0.2, 0) is 0 Å². The highest BCUT2D eigenvalue weighted by Crippen LogP contribution is 2.37. The van der Waals surface area contributed by atoms with Crippen molar-refractivity contribution in [1.29, 1.82) is 5.26 Å². The maximum atomic E-state index is 9.75. The molecule has 0 atom stereocenters. The van der Waals surface area contributed by atoms with Crippen molar-refractivity contribution in [3.8, 4) is 17.2 Å². The number of rotatable bonds is 3. The first-order chi connectivity index (χ1) is 14.3. The normalized spacial score (nSPS) is 10.9. The molecule has 2 heterocycles.